The normalized spacial score (nSPS) is 10.3. The number of hydrogen-bond acceptors (Lipinski definition) is 4. The molecule has 0 aliphatic rings. The van der Waals surface area contributed by atoms with E-state index in [0.717, 1.165) is 10.5 Å². The summed E-state index contributed by atoms with van der Waals surface area (Å²) in [7, 11) is 1.56. The smallest absolute Gasteiger partial charge is 0.255 e. The summed E-state index contributed by atoms with van der Waals surface area (Å²) in [4.78, 5) is 25.7. The van der Waals surface area contributed by atoms with Gasteiger partial charge in [0.05, 0.1) is 18.6 Å². The van der Waals surface area contributed by atoms with E-state index in [0.29, 0.717) is 28.4 Å². The fourth-order valence-corrected chi connectivity index (χ4v) is 3.54. The molecule has 0 aliphatic heterocycles. The highest BCUT2D eigenvalue weighted by Gasteiger charge is 2.10. The number of benzene rings is 3. The van der Waals surface area contributed by atoms with Crippen molar-refractivity contribution in [2.75, 3.05) is 23.5 Å². The number of ether oxygens (including phenoxy) is 1. The van der Waals surface area contributed by atoms with Gasteiger partial charge in [-0.3, -0.25) is 9.59 Å². The van der Waals surface area contributed by atoms with Crippen LogP contribution in [0.15, 0.2) is 77.7 Å². The summed E-state index contributed by atoms with van der Waals surface area (Å²) in [5.41, 5.74) is 2.89. The van der Waals surface area contributed by atoms with Crippen LogP contribution >= 0.6 is 11.8 Å². The lowest BCUT2D eigenvalue weighted by molar-refractivity contribution is -0.113. The molecule has 0 unspecified atom stereocenters. The van der Waals surface area contributed by atoms with Crippen LogP contribution < -0.4 is 15.4 Å². The average molecular weight is 407 g/mol. The topological polar surface area (TPSA) is 67.4 Å². The molecule has 0 radical (unpaired) electrons. The highest BCUT2D eigenvalue weighted by molar-refractivity contribution is 8.00. The van der Waals surface area contributed by atoms with Crippen LogP contribution in [0, 0.1) is 6.92 Å². The van der Waals surface area contributed by atoms with Gasteiger partial charge in [-0.2, -0.15) is 0 Å². The molecule has 148 valence electrons. The van der Waals surface area contributed by atoms with Crippen LogP contribution in [0.25, 0.3) is 0 Å². The van der Waals surface area contributed by atoms with E-state index in [1.54, 1.807) is 43.5 Å². The Morgan fingerprint density at radius 2 is 1.59 bits per heavy atom. The van der Waals surface area contributed by atoms with E-state index in [2.05, 4.69) is 10.6 Å². The zero-order valence-electron chi connectivity index (χ0n) is 16.3. The highest BCUT2D eigenvalue weighted by Crippen LogP contribution is 2.24. The number of rotatable bonds is 7. The molecule has 3 aromatic rings. The van der Waals surface area contributed by atoms with Crippen molar-refractivity contribution in [1.82, 2.24) is 0 Å². The number of aryl methyl sites for hydroxylation is 1. The van der Waals surface area contributed by atoms with Gasteiger partial charge < -0.3 is 15.4 Å². The van der Waals surface area contributed by atoms with E-state index in [-0.39, 0.29) is 11.8 Å². The fraction of sp³-hybridized carbons (Fsp3) is 0.130. The van der Waals surface area contributed by atoms with Gasteiger partial charge in [0.1, 0.15) is 5.75 Å². The number of hydrogen-bond donors (Lipinski definition) is 2. The molecular formula is C23H22N2O3S. The van der Waals surface area contributed by atoms with Crippen molar-refractivity contribution >= 4 is 35.0 Å². The minimum atomic E-state index is -0.248. The molecule has 0 spiro atoms. The summed E-state index contributed by atoms with van der Waals surface area (Å²) in [5.74, 6) is 0.573. The zero-order chi connectivity index (χ0) is 20.6. The highest BCUT2D eigenvalue weighted by atomic mass is 32.2. The quantitative estimate of drug-likeness (QED) is 0.543. The lowest BCUT2D eigenvalue weighted by Gasteiger charge is -2.10. The number of methoxy groups -OCH3 is 1. The summed E-state index contributed by atoms with van der Waals surface area (Å²) >= 11 is 1.50. The van der Waals surface area contributed by atoms with E-state index >= 15 is 0 Å². The van der Waals surface area contributed by atoms with Crippen molar-refractivity contribution in [2.45, 2.75) is 11.8 Å². The molecule has 0 aromatic heterocycles. The van der Waals surface area contributed by atoms with Crippen molar-refractivity contribution in [3.05, 3.63) is 83.9 Å². The average Bonchev–Trinajstić information content (AvgIpc) is 2.74. The van der Waals surface area contributed by atoms with Gasteiger partial charge in [-0.05, 0) is 55.0 Å². The predicted molar refractivity (Wildman–Crippen MR) is 118 cm³/mol. The largest absolute Gasteiger partial charge is 0.495 e. The Hall–Kier alpha value is -3.25. The summed E-state index contributed by atoms with van der Waals surface area (Å²) in [6, 6.07) is 22.0. The molecule has 0 atom stereocenters. The van der Waals surface area contributed by atoms with Crippen molar-refractivity contribution in [3.63, 3.8) is 0 Å². The number of amides is 2. The summed E-state index contributed by atoms with van der Waals surface area (Å²) in [6.07, 6.45) is 0. The third-order valence-corrected chi connectivity index (χ3v) is 5.41. The van der Waals surface area contributed by atoms with E-state index in [1.807, 2.05) is 43.3 Å². The molecule has 0 saturated carbocycles. The lowest BCUT2D eigenvalue weighted by Crippen LogP contribution is -2.15. The number of thioether (sulfide) groups is 1. The molecule has 0 heterocycles. The van der Waals surface area contributed by atoms with Crippen LogP contribution in [0.4, 0.5) is 11.4 Å². The number of anilines is 2. The van der Waals surface area contributed by atoms with Gasteiger partial charge in [-0.1, -0.05) is 30.3 Å². The van der Waals surface area contributed by atoms with Gasteiger partial charge in [-0.25, -0.2) is 0 Å². The molecule has 3 aromatic carbocycles. The van der Waals surface area contributed by atoms with Gasteiger partial charge in [0, 0.05) is 16.1 Å². The van der Waals surface area contributed by atoms with Gasteiger partial charge in [0.15, 0.2) is 0 Å². The Morgan fingerprint density at radius 1 is 0.897 bits per heavy atom. The molecule has 2 amide bonds. The van der Waals surface area contributed by atoms with Crippen molar-refractivity contribution in [2.24, 2.45) is 0 Å². The van der Waals surface area contributed by atoms with Crippen molar-refractivity contribution in [3.8, 4) is 5.75 Å². The molecule has 6 heteroatoms. The molecule has 3 rings (SSSR count). The summed E-state index contributed by atoms with van der Waals surface area (Å²) < 4.78 is 5.24. The van der Waals surface area contributed by atoms with Gasteiger partial charge in [-0.15, -0.1) is 11.8 Å². The third-order valence-electron chi connectivity index (χ3n) is 4.24. The maximum absolute atomic E-state index is 12.4. The second-order valence-corrected chi connectivity index (χ2v) is 7.35. The molecule has 0 fully saturated rings. The van der Waals surface area contributed by atoms with E-state index in [9.17, 15) is 9.59 Å². The van der Waals surface area contributed by atoms with Crippen LogP contribution in [0.1, 0.15) is 15.9 Å². The van der Waals surface area contributed by atoms with Crippen LogP contribution in [0.3, 0.4) is 0 Å². The van der Waals surface area contributed by atoms with Gasteiger partial charge >= 0.3 is 0 Å². The van der Waals surface area contributed by atoms with E-state index in [4.69, 9.17) is 4.74 Å². The van der Waals surface area contributed by atoms with Crippen molar-refractivity contribution < 1.29 is 14.3 Å². The van der Waals surface area contributed by atoms with Crippen molar-refractivity contribution in [1.29, 1.82) is 0 Å². The van der Waals surface area contributed by atoms with E-state index in [1.165, 1.54) is 11.8 Å². The molecular weight excluding hydrogens is 384 g/mol. The predicted octanol–water partition coefficient (Wildman–Crippen LogP) is 4.99. The standard InChI is InChI=1S/C23H22N2O3S/c1-16-7-3-6-10-21(16)29-15-22(26)24-18-13-11-17(12-14-18)23(27)25-19-8-4-5-9-20(19)28-2/h3-14H,15H2,1-2H3,(H,24,26)(H,25,27). The Bertz CT molecular complexity index is 1000. The second kappa shape index (κ2) is 9.80. The molecule has 0 aliphatic carbocycles. The molecule has 0 saturated heterocycles. The Morgan fingerprint density at radius 3 is 2.31 bits per heavy atom. The molecule has 2 N–H and O–H groups in total. The van der Waals surface area contributed by atoms with Gasteiger partial charge in [0.2, 0.25) is 5.91 Å². The van der Waals surface area contributed by atoms with Crippen LogP contribution in [-0.2, 0) is 4.79 Å². The minimum absolute atomic E-state index is 0.0931. The number of nitrogens with one attached hydrogen (secondary N) is 2. The number of para-hydroxylation sites is 2. The molecule has 5 nitrogen and oxygen atoms in total. The maximum Gasteiger partial charge on any atom is 0.255 e. The van der Waals surface area contributed by atoms with Crippen LogP contribution in [0.2, 0.25) is 0 Å². The SMILES string of the molecule is COc1ccccc1NC(=O)c1ccc(NC(=O)CSc2ccccc2C)cc1. The Kier molecular flexibility index (Phi) is 6.92. The second-order valence-electron chi connectivity index (χ2n) is 6.33. The maximum atomic E-state index is 12.4. The Balaban J connectivity index is 1.56. The first-order valence-electron chi connectivity index (χ1n) is 9.09. The van der Waals surface area contributed by atoms with E-state index < -0.39 is 0 Å². The summed E-state index contributed by atoms with van der Waals surface area (Å²) in [5, 5.41) is 5.68. The molecule has 0 bridgehead atoms. The lowest BCUT2D eigenvalue weighted by atomic mass is 10.2. The first kappa shape index (κ1) is 20.5. The third kappa shape index (κ3) is 5.62. The Labute approximate surface area is 174 Å². The zero-order valence-corrected chi connectivity index (χ0v) is 17.1. The summed E-state index contributed by atoms with van der Waals surface area (Å²) in [6.45, 7) is 2.02. The molecule has 29 heavy (non-hydrogen) atoms. The van der Waals surface area contributed by atoms with Gasteiger partial charge in [0.25, 0.3) is 5.91 Å². The number of carbonyl (C=O) groups excluding carboxylic acids is 2. The number of carbonyl (C=O) groups is 2. The first-order chi connectivity index (χ1) is 14.1. The van der Waals surface area contributed by atoms with Crippen LogP contribution in [-0.4, -0.2) is 24.7 Å². The first-order valence-corrected chi connectivity index (χ1v) is 10.1. The minimum Gasteiger partial charge on any atom is -0.495 e. The van der Waals surface area contributed by atoms with Crippen LogP contribution in [0.5, 0.6) is 5.75 Å². The monoisotopic (exact) mass is 406 g/mol. The fourth-order valence-electron chi connectivity index (χ4n) is 2.71.